The van der Waals surface area contributed by atoms with Gasteiger partial charge in [0.05, 0.1) is 12.0 Å². The minimum absolute atomic E-state index is 0.0609. The second kappa shape index (κ2) is 6.79. The average Bonchev–Trinajstić information content (AvgIpc) is 2.46. The molecule has 3 nitrogen and oxygen atoms in total. The van der Waals surface area contributed by atoms with Gasteiger partial charge >= 0.3 is 0 Å². The average molecular weight is 315 g/mol. The molecule has 1 aromatic carbocycles. The number of amides is 1. The molecular formula is C15H20Cl2N2O. The van der Waals surface area contributed by atoms with E-state index in [0.29, 0.717) is 10.0 Å². The van der Waals surface area contributed by atoms with Gasteiger partial charge in [-0.15, -0.1) is 0 Å². The molecule has 0 radical (unpaired) electrons. The SMILES string of the molecule is CC(c1ccc(Cl)cc1Cl)N(C)C(=O)[C@H]1CCCNC1. The molecule has 0 bridgehead atoms. The van der Waals surface area contributed by atoms with Crippen LogP contribution in [0, 0.1) is 5.92 Å². The summed E-state index contributed by atoms with van der Waals surface area (Å²) in [7, 11) is 1.84. The number of benzene rings is 1. The number of hydrogen-bond donors (Lipinski definition) is 1. The fraction of sp³-hybridized carbons (Fsp3) is 0.533. The van der Waals surface area contributed by atoms with Crippen LogP contribution < -0.4 is 5.32 Å². The highest BCUT2D eigenvalue weighted by molar-refractivity contribution is 6.35. The summed E-state index contributed by atoms with van der Waals surface area (Å²) in [4.78, 5) is 14.3. The Labute approximate surface area is 130 Å². The van der Waals surface area contributed by atoms with Crippen LogP contribution in [0.15, 0.2) is 18.2 Å². The molecule has 1 fully saturated rings. The van der Waals surface area contributed by atoms with Gasteiger partial charge in [-0.1, -0.05) is 29.3 Å². The quantitative estimate of drug-likeness (QED) is 0.926. The minimum Gasteiger partial charge on any atom is -0.339 e. The summed E-state index contributed by atoms with van der Waals surface area (Å²) in [5.74, 6) is 0.248. The summed E-state index contributed by atoms with van der Waals surface area (Å²) < 4.78 is 0. The molecule has 1 heterocycles. The summed E-state index contributed by atoms with van der Waals surface area (Å²) in [5, 5.41) is 4.49. The summed E-state index contributed by atoms with van der Waals surface area (Å²) >= 11 is 12.1. The zero-order valence-electron chi connectivity index (χ0n) is 11.8. The maximum atomic E-state index is 12.5. The normalized spacial score (nSPS) is 20.5. The zero-order valence-corrected chi connectivity index (χ0v) is 13.3. The number of carbonyl (C=O) groups excluding carboxylic acids is 1. The van der Waals surface area contributed by atoms with Crippen molar-refractivity contribution >= 4 is 29.1 Å². The van der Waals surface area contributed by atoms with E-state index in [0.717, 1.165) is 31.5 Å². The third-order valence-corrected chi connectivity index (χ3v) is 4.55. The molecule has 2 atom stereocenters. The minimum atomic E-state index is -0.0609. The lowest BCUT2D eigenvalue weighted by atomic mass is 9.97. The highest BCUT2D eigenvalue weighted by atomic mass is 35.5. The van der Waals surface area contributed by atoms with Crippen LogP contribution in [-0.4, -0.2) is 30.9 Å². The highest BCUT2D eigenvalue weighted by Crippen LogP contribution is 2.30. The summed E-state index contributed by atoms with van der Waals surface area (Å²) in [6.45, 7) is 3.76. The number of nitrogens with zero attached hydrogens (tertiary/aromatic N) is 1. The first kappa shape index (κ1) is 15.6. The lowest BCUT2D eigenvalue weighted by Crippen LogP contribution is -2.42. The zero-order chi connectivity index (χ0) is 14.7. The predicted molar refractivity (Wildman–Crippen MR) is 83.2 cm³/mol. The number of nitrogens with one attached hydrogen (secondary N) is 1. The molecule has 0 saturated carbocycles. The van der Waals surface area contributed by atoms with Crippen molar-refractivity contribution in [3.05, 3.63) is 33.8 Å². The van der Waals surface area contributed by atoms with Crippen molar-refractivity contribution in [1.29, 1.82) is 0 Å². The van der Waals surface area contributed by atoms with E-state index >= 15 is 0 Å². The second-order valence-electron chi connectivity index (χ2n) is 5.33. The molecule has 20 heavy (non-hydrogen) atoms. The molecule has 1 N–H and O–H groups in total. The molecule has 0 aliphatic carbocycles. The van der Waals surface area contributed by atoms with Gasteiger partial charge in [-0.3, -0.25) is 4.79 Å². The van der Waals surface area contributed by atoms with Gasteiger partial charge in [-0.2, -0.15) is 0 Å². The smallest absolute Gasteiger partial charge is 0.227 e. The van der Waals surface area contributed by atoms with Crippen molar-refractivity contribution in [2.45, 2.75) is 25.8 Å². The van der Waals surface area contributed by atoms with Gasteiger partial charge in [0, 0.05) is 23.6 Å². The fourth-order valence-corrected chi connectivity index (χ4v) is 3.16. The van der Waals surface area contributed by atoms with Gasteiger partial charge < -0.3 is 10.2 Å². The molecule has 0 spiro atoms. The van der Waals surface area contributed by atoms with Gasteiger partial charge in [-0.05, 0) is 44.0 Å². The highest BCUT2D eigenvalue weighted by Gasteiger charge is 2.27. The number of carbonyl (C=O) groups is 1. The Morgan fingerprint density at radius 2 is 2.20 bits per heavy atom. The van der Waals surface area contributed by atoms with Gasteiger partial charge in [0.2, 0.25) is 5.91 Å². The van der Waals surface area contributed by atoms with Crippen LogP contribution in [0.2, 0.25) is 10.0 Å². The molecule has 1 aliphatic heterocycles. The number of halogens is 2. The molecular weight excluding hydrogens is 295 g/mol. The van der Waals surface area contributed by atoms with Crippen molar-refractivity contribution < 1.29 is 4.79 Å². The molecule has 1 aliphatic rings. The molecule has 1 aromatic rings. The van der Waals surface area contributed by atoms with Crippen LogP contribution in [0.1, 0.15) is 31.4 Å². The summed E-state index contributed by atoms with van der Waals surface area (Å²) in [6, 6.07) is 5.35. The topological polar surface area (TPSA) is 32.3 Å². The van der Waals surface area contributed by atoms with E-state index in [2.05, 4.69) is 5.32 Å². The van der Waals surface area contributed by atoms with E-state index in [1.54, 1.807) is 17.0 Å². The molecule has 2 rings (SSSR count). The Kier molecular flexibility index (Phi) is 5.30. The van der Waals surface area contributed by atoms with Crippen LogP contribution in [0.4, 0.5) is 0 Å². The first-order valence-electron chi connectivity index (χ1n) is 6.93. The molecule has 1 amide bonds. The fourth-order valence-electron chi connectivity index (χ4n) is 2.59. The lowest BCUT2D eigenvalue weighted by molar-refractivity contribution is -0.136. The van der Waals surface area contributed by atoms with Crippen molar-refractivity contribution in [3.8, 4) is 0 Å². The Hall–Kier alpha value is -0.770. The third-order valence-electron chi connectivity index (χ3n) is 3.99. The number of piperidine rings is 1. The van der Waals surface area contributed by atoms with Crippen molar-refractivity contribution in [1.82, 2.24) is 10.2 Å². The first-order valence-corrected chi connectivity index (χ1v) is 7.68. The molecule has 110 valence electrons. The van der Waals surface area contributed by atoms with Gasteiger partial charge in [0.25, 0.3) is 0 Å². The van der Waals surface area contributed by atoms with Gasteiger partial charge in [0.15, 0.2) is 0 Å². The van der Waals surface area contributed by atoms with E-state index < -0.39 is 0 Å². The Bertz CT molecular complexity index is 487. The maximum Gasteiger partial charge on any atom is 0.227 e. The van der Waals surface area contributed by atoms with E-state index in [1.807, 2.05) is 20.0 Å². The number of rotatable bonds is 3. The Morgan fingerprint density at radius 3 is 2.80 bits per heavy atom. The van der Waals surface area contributed by atoms with E-state index in [-0.39, 0.29) is 17.9 Å². The number of hydrogen-bond acceptors (Lipinski definition) is 2. The van der Waals surface area contributed by atoms with E-state index in [9.17, 15) is 4.79 Å². The summed E-state index contributed by atoms with van der Waals surface area (Å²) in [6.07, 6.45) is 2.01. The standard InChI is InChI=1S/C15H20Cl2N2O/c1-10(13-6-5-12(16)8-14(13)17)19(2)15(20)11-4-3-7-18-9-11/h5-6,8,10-11,18H,3-4,7,9H2,1-2H3/t10?,11-/m0/s1. The van der Waals surface area contributed by atoms with Gasteiger partial charge in [0.1, 0.15) is 0 Å². The molecule has 1 unspecified atom stereocenters. The molecule has 1 saturated heterocycles. The van der Waals surface area contributed by atoms with Crippen LogP contribution >= 0.6 is 23.2 Å². The van der Waals surface area contributed by atoms with E-state index in [4.69, 9.17) is 23.2 Å². The maximum absolute atomic E-state index is 12.5. The van der Waals surface area contributed by atoms with Crippen molar-refractivity contribution in [3.63, 3.8) is 0 Å². The Morgan fingerprint density at radius 1 is 1.45 bits per heavy atom. The monoisotopic (exact) mass is 314 g/mol. The molecule has 5 heteroatoms. The van der Waals surface area contributed by atoms with Crippen molar-refractivity contribution in [2.24, 2.45) is 5.92 Å². The Balaban J connectivity index is 2.10. The predicted octanol–water partition coefficient (Wildman–Crippen LogP) is 3.51. The van der Waals surface area contributed by atoms with E-state index in [1.165, 1.54) is 0 Å². The molecule has 0 aromatic heterocycles. The van der Waals surface area contributed by atoms with Crippen LogP contribution in [0.3, 0.4) is 0 Å². The van der Waals surface area contributed by atoms with Crippen LogP contribution in [-0.2, 0) is 4.79 Å². The second-order valence-corrected chi connectivity index (χ2v) is 6.18. The van der Waals surface area contributed by atoms with Crippen molar-refractivity contribution in [2.75, 3.05) is 20.1 Å². The van der Waals surface area contributed by atoms with Crippen LogP contribution in [0.25, 0.3) is 0 Å². The largest absolute Gasteiger partial charge is 0.339 e. The van der Waals surface area contributed by atoms with Gasteiger partial charge in [-0.25, -0.2) is 0 Å². The summed E-state index contributed by atoms with van der Waals surface area (Å²) in [5.41, 5.74) is 0.927. The first-order chi connectivity index (χ1) is 9.50. The van der Waals surface area contributed by atoms with Crippen LogP contribution in [0.5, 0.6) is 0 Å². The third kappa shape index (κ3) is 3.46. The lowest BCUT2D eigenvalue weighted by Gasteiger charge is -2.31.